The van der Waals surface area contributed by atoms with Crippen LogP contribution in [-0.4, -0.2) is 23.2 Å². The van der Waals surface area contributed by atoms with Crippen LogP contribution in [0.3, 0.4) is 0 Å². The number of hydrogen-bond donors (Lipinski definition) is 2. The van der Waals surface area contributed by atoms with Crippen molar-refractivity contribution in [2.24, 2.45) is 5.92 Å². The van der Waals surface area contributed by atoms with Crippen LogP contribution < -0.4 is 5.32 Å². The van der Waals surface area contributed by atoms with Crippen molar-refractivity contribution in [3.63, 3.8) is 0 Å². The Morgan fingerprint density at radius 2 is 2.16 bits per heavy atom. The van der Waals surface area contributed by atoms with Crippen molar-refractivity contribution in [1.82, 2.24) is 5.32 Å². The van der Waals surface area contributed by atoms with Crippen LogP contribution in [0.5, 0.6) is 0 Å². The number of carbonyl (C=O) groups excluding carboxylic acids is 1. The fraction of sp³-hybridized carbons (Fsp3) is 0.615. The van der Waals surface area contributed by atoms with E-state index >= 15 is 0 Å². The normalized spacial score (nSPS) is 27.3. The highest BCUT2D eigenvalue weighted by Gasteiger charge is 2.35. The van der Waals surface area contributed by atoms with Crippen molar-refractivity contribution in [1.29, 1.82) is 0 Å². The molecule has 1 aliphatic rings. The topological polar surface area (TPSA) is 49.3 Å². The van der Waals surface area contributed by atoms with Gasteiger partial charge in [0.2, 0.25) is 0 Å². The first-order valence-corrected chi connectivity index (χ1v) is 8.74. The van der Waals surface area contributed by atoms with Crippen LogP contribution >= 0.6 is 43.2 Å². The van der Waals surface area contributed by atoms with E-state index in [0.29, 0.717) is 11.5 Å². The van der Waals surface area contributed by atoms with Crippen molar-refractivity contribution in [3.8, 4) is 0 Å². The molecule has 1 fully saturated rings. The summed E-state index contributed by atoms with van der Waals surface area (Å²) in [5.41, 5.74) is 0.181. The minimum Gasteiger partial charge on any atom is -0.394 e. The van der Waals surface area contributed by atoms with Crippen LogP contribution in [-0.2, 0) is 0 Å². The maximum Gasteiger partial charge on any atom is 0.253 e. The van der Waals surface area contributed by atoms with E-state index in [0.717, 1.165) is 33.3 Å². The number of hydrogen-bond acceptors (Lipinski definition) is 3. The average molecular weight is 411 g/mol. The van der Waals surface area contributed by atoms with Gasteiger partial charge in [-0.25, -0.2) is 0 Å². The molecule has 6 heteroatoms. The number of carbonyl (C=O) groups is 1. The summed E-state index contributed by atoms with van der Waals surface area (Å²) in [7, 11) is 0. The standard InChI is InChI=1S/C13H17Br2NO2S/c1-8-2-4-13(7-17,5-3-8)16-12(18)9-6-10(14)19-11(9)15/h6,8,17H,2-5,7H2,1H3,(H,16,18). The van der Waals surface area contributed by atoms with Gasteiger partial charge in [0.1, 0.15) is 0 Å². The predicted molar refractivity (Wildman–Crippen MR) is 84.6 cm³/mol. The first-order chi connectivity index (χ1) is 8.96. The summed E-state index contributed by atoms with van der Waals surface area (Å²) in [6.45, 7) is 2.23. The minimum atomic E-state index is -0.447. The molecule has 0 spiro atoms. The molecule has 1 saturated carbocycles. The Hall–Kier alpha value is 0.0900. The molecule has 19 heavy (non-hydrogen) atoms. The minimum absolute atomic E-state index is 0.00832. The number of amides is 1. The summed E-state index contributed by atoms with van der Waals surface area (Å²) in [6.07, 6.45) is 3.79. The Bertz CT molecular complexity index is 467. The first-order valence-electron chi connectivity index (χ1n) is 6.34. The van der Waals surface area contributed by atoms with Crippen LogP contribution in [0.4, 0.5) is 0 Å². The van der Waals surface area contributed by atoms with Gasteiger partial charge >= 0.3 is 0 Å². The van der Waals surface area contributed by atoms with E-state index in [-0.39, 0.29) is 12.5 Å². The van der Waals surface area contributed by atoms with E-state index in [4.69, 9.17) is 0 Å². The van der Waals surface area contributed by atoms with E-state index in [1.807, 2.05) is 0 Å². The fourth-order valence-corrected chi connectivity index (χ4v) is 5.23. The quantitative estimate of drug-likeness (QED) is 0.792. The zero-order valence-electron chi connectivity index (χ0n) is 10.7. The Labute approximate surface area is 134 Å². The maximum absolute atomic E-state index is 12.3. The first kappa shape index (κ1) is 15.5. The van der Waals surface area contributed by atoms with Crippen molar-refractivity contribution >= 4 is 49.1 Å². The number of aliphatic hydroxyl groups is 1. The Balaban J connectivity index is 2.10. The Morgan fingerprint density at radius 1 is 1.53 bits per heavy atom. The van der Waals surface area contributed by atoms with Gasteiger partial charge in [0, 0.05) is 0 Å². The van der Waals surface area contributed by atoms with Crippen LogP contribution in [0.1, 0.15) is 43.0 Å². The maximum atomic E-state index is 12.3. The smallest absolute Gasteiger partial charge is 0.253 e. The van der Waals surface area contributed by atoms with E-state index in [2.05, 4.69) is 44.1 Å². The molecule has 0 unspecified atom stereocenters. The average Bonchev–Trinajstić information content (AvgIpc) is 2.72. The molecule has 0 atom stereocenters. The zero-order valence-corrected chi connectivity index (χ0v) is 14.7. The van der Waals surface area contributed by atoms with Crippen LogP contribution in [0.2, 0.25) is 0 Å². The summed E-state index contributed by atoms with van der Waals surface area (Å²) in [5.74, 6) is 0.566. The van der Waals surface area contributed by atoms with Gasteiger partial charge in [0.25, 0.3) is 5.91 Å². The summed E-state index contributed by atoms with van der Waals surface area (Å²) in [6, 6.07) is 1.81. The molecule has 3 nitrogen and oxygen atoms in total. The van der Waals surface area contributed by atoms with Crippen LogP contribution in [0.25, 0.3) is 0 Å². The molecule has 1 aromatic heterocycles. The monoisotopic (exact) mass is 409 g/mol. The second kappa shape index (κ2) is 6.24. The molecule has 0 bridgehead atoms. The lowest BCUT2D eigenvalue weighted by molar-refractivity contribution is 0.0717. The zero-order chi connectivity index (χ0) is 14.0. The third-order valence-corrected chi connectivity index (χ3v) is 6.15. The second-order valence-corrected chi connectivity index (χ2v) is 9.06. The Kier molecular flexibility index (Phi) is 5.09. The SMILES string of the molecule is CC1CCC(CO)(NC(=O)c2cc(Br)sc2Br)CC1. The molecule has 0 saturated heterocycles. The largest absolute Gasteiger partial charge is 0.394 e. The lowest BCUT2D eigenvalue weighted by atomic mass is 9.77. The molecule has 1 aliphatic carbocycles. The highest BCUT2D eigenvalue weighted by Crippen LogP contribution is 2.34. The number of nitrogens with one attached hydrogen (secondary N) is 1. The van der Waals surface area contributed by atoms with Crippen molar-refractivity contribution in [3.05, 3.63) is 19.2 Å². The molecule has 1 aromatic rings. The van der Waals surface area contributed by atoms with Gasteiger partial charge in [0.05, 0.1) is 25.3 Å². The number of rotatable bonds is 3. The fourth-order valence-electron chi connectivity index (χ4n) is 2.44. The number of thiophene rings is 1. The third-order valence-electron chi connectivity index (χ3n) is 3.81. The number of halogens is 2. The summed E-state index contributed by atoms with van der Waals surface area (Å²) in [5, 5.41) is 12.7. The van der Waals surface area contributed by atoms with Gasteiger partial charge in [-0.2, -0.15) is 0 Å². The van der Waals surface area contributed by atoms with E-state index in [1.54, 1.807) is 6.07 Å². The van der Waals surface area contributed by atoms with Gasteiger partial charge in [0.15, 0.2) is 0 Å². The predicted octanol–water partition coefficient (Wildman–Crippen LogP) is 3.94. The lowest BCUT2D eigenvalue weighted by Crippen LogP contribution is -2.53. The molecular formula is C13H17Br2NO2S. The molecular weight excluding hydrogens is 394 g/mol. The van der Waals surface area contributed by atoms with Gasteiger partial charge in [-0.05, 0) is 69.5 Å². The van der Waals surface area contributed by atoms with Crippen molar-refractivity contribution < 1.29 is 9.90 Å². The molecule has 0 aromatic carbocycles. The van der Waals surface area contributed by atoms with Gasteiger partial charge in [-0.15, -0.1) is 11.3 Å². The van der Waals surface area contributed by atoms with Gasteiger partial charge in [-0.3, -0.25) is 4.79 Å². The number of aliphatic hydroxyl groups excluding tert-OH is 1. The third kappa shape index (κ3) is 3.60. The van der Waals surface area contributed by atoms with Crippen molar-refractivity contribution in [2.45, 2.75) is 38.1 Å². The van der Waals surface area contributed by atoms with Gasteiger partial charge in [-0.1, -0.05) is 6.92 Å². The summed E-state index contributed by atoms with van der Waals surface area (Å²) >= 11 is 8.25. The van der Waals surface area contributed by atoms with Crippen LogP contribution in [0, 0.1) is 5.92 Å². The molecule has 2 rings (SSSR count). The van der Waals surface area contributed by atoms with Crippen molar-refractivity contribution in [2.75, 3.05) is 6.61 Å². The van der Waals surface area contributed by atoms with E-state index < -0.39 is 5.54 Å². The summed E-state index contributed by atoms with van der Waals surface area (Å²) in [4.78, 5) is 12.3. The summed E-state index contributed by atoms with van der Waals surface area (Å²) < 4.78 is 1.73. The molecule has 1 heterocycles. The molecule has 0 aliphatic heterocycles. The van der Waals surface area contributed by atoms with Gasteiger partial charge < -0.3 is 10.4 Å². The molecule has 2 N–H and O–H groups in total. The lowest BCUT2D eigenvalue weighted by Gasteiger charge is -2.38. The highest BCUT2D eigenvalue weighted by atomic mass is 79.9. The molecule has 106 valence electrons. The second-order valence-electron chi connectivity index (χ2n) is 5.31. The van der Waals surface area contributed by atoms with Crippen LogP contribution in [0.15, 0.2) is 13.6 Å². The Morgan fingerprint density at radius 3 is 2.63 bits per heavy atom. The molecule has 1 amide bonds. The van der Waals surface area contributed by atoms with E-state index in [9.17, 15) is 9.90 Å². The van der Waals surface area contributed by atoms with E-state index in [1.165, 1.54) is 11.3 Å². The molecule has 0 radical (unpaired) electrons. The highest BCUT2D eigenvalue weighted by molar-refractivity contribution is 9.12.